The first kappa shape index (κ1) is 16.2. The van der Waals surface area contributed by atoms with Gasteiger partial charge in [0.05, 0.1) is 29.0 Å². The third kappa shape index (κ3) is 3.16. The number of fused-ring (bicyclic) bond motifs is 1. The van der Waals surface area contributed by atoms with Crippen LogP contribution in [0, 0.1) is 0 Å². The zero-order valence-corrected chi connectivity index (χ0v) is 15.4. The number of thiazole rings is 1. The van der Waals surface area contributed by atoms with Crippen LogP contribution in [0.5, 0.6) is 5.75 Å². The average Bonchev–Trinajstić information content (AvgIpc) is 3.21. The predicted octanol–water partition coefficient (Wildman–Crippen LogP) is 5.52. The lowest BCUT2D eigenvalue weighted by molar-refractivity contribution is 0.415. The smallest absolute Gasteiger partial charge is 0.187 e. The zero-order valence-electron chi connectivity index (χ0n) is 13.0. The zero-order chi connectivity index (χ0) is 17.4. The summed E-state index contributed by atoms with van der Waals surface area (Å²) in [5.74, 6) is 0.634. The molecule has 0 aliphatic carbocycles. The number of imidazole rings is 1. The van der Waals surface area contributed by atoms with Gasteiger partial charge in [-0.3, -0.25) is 4.40 Å². The van der Waals surface area contributed by atoms with Crippen LogP contribution >= 0.6 is 34.5 Å². The molecule has 1 N–H and O–H groups in total. The lowest BCUT2D eigenvalue weighted by atomic mass is 10.3. The Hall–Kier alpha value is -2.28. The molecule has 0 bridgehead atoms. The Kier molecular flexibility index (Phi) is 4.25. The molecule has 3 heterocycles. The Morgan fingerprint density at radius 1 is 1.20 bits per heavy atom. The molecule has 0 aliphatic heterocycles. The molecule has 8 heteroatoms. The summed E-state index contributed by atoms with van der Waals surface area (Å²) >= 11 is 13.7. The van der Waals surface area contributed by atoms with Crippen molar-refractivity contribution in [1.29, 1.82) is 0 Å². The Morgan fingerprint density at radius 2 is 2.08 bits per heavy atom. The van der Waals surface area contributed by atoms with E-state index in [9.17, 15) is 0 Å². The summed E-state index contributed by atoms with van der Waals surface area (Å²) in [6.45, 7) is 0. The second-order valence-corrected chi connectivity index (χ2v) is 6.93. The molecule has 0 aliphatic rings. The van der Waals surface area contributed by atoms with Gasteiger partial charge in [0.15, 0.2) is 5.13 Å². The molecule has 0 saturated carbocycles. The fraction of sp³-hybridized carbons (Fsp3) is 0.0588. The summed E-state index contributed by atoms with van der Waals surface area (Å²) in [4.78, 5) is 9.01. The summed E-state index contributed by atoms with van der Waals surface area (Å²) in [6.07, 6.45) is 3.61. The van der Waals surface area contributed by atoms with Crippen molar-refractivity contribution in [2.24, 2.45) is 0 Å². The highest BCUT2D eigenvalue weighted by Gasteiger charge is 2.11. The van der Waals surface area contributed by atoms with Gasteiger partial charge in [-0.05, 0) is 30.3 Å². The minimum Gasteiger partial charge on any atom is -0.495 e. The Bertz CT molecular complexity index is 1060. The predicted molar refractivity (Wildman–Crippen MR) is 103 cm³/mol. The Balaban J connectivity index is 1.63. The number of benzene rings is 1. The van der Waals surface area contributed by atoms with Gasteiger partial charge < -0.3 is 10.1 Å². The number of nitrogens with one attached hydrogen (secondary N) is 1. The van der Waals surface area contributed by atoms with Crippen LogP contribution in [0.25, 0.3) is 17.0 Å². The van der Waals surface area contributed by atoms with E-state index >= 15 is 0 Å². The molecular weight excluding hydrogens is 379 g/mol. The second-order valence-electron chi connectivity index (χ2n) is 5.23. The van der Waals surface area contributed by atoms with Crippen LogP contribution in [0.4, 0.5) is 10.8 Å². The normalized spacial score (nSPS) is 11.0. The van der Waals surface area contributed by atoms with E-state index in [0.29, 0.717) is 15.8 Å². The molecule has 0 unspecified atom stereocenters. The molecule has 25 heavy (non-hydrogen) atoms. The third-order valence-corrected chi connectivity index (χ3v) is 4.92. The molecule has 126 valence electrons. The molecule has 0 amide bonds. The first-order valence-electron chi connectivity index (χ1n) is 7.33. The Morgan fingerprint density at radius 3 is 2.88 bits per heavy atom. The maximum Gasteiger partial charge on any atom is 0.187 e. The number of nitrogens with zero attached hydrogens (tertiary/aromatic N) is 3. The van der Waals surface area contributed by atoms with Crippen molar-refractivity contribution in [2.75, 3.05) is 12.4 Å². The number of hydrogen-bond acceptors (Lipinski definition) is 5. The highest BCUT2D eigenvalue weighted by molar-refractivity contribution is 7.14. The van der Waals surface area contributed by atoms with Gasteiger partial charge in [0.25, 0.3) is 0 Å². The minimum atomic E-state index is 0.542. The average molecular weight is 391 g/mol. The van der Waals surface area contributed by atoms with E-state index in [1.54, 1.807) is 19.4 Å². The van der Waals surface area contributed by atoms with Crippen molar-refractivity contribution >= 4 is 51.0 Å². The van der Waals surface area contributed by atoms with Gasteiger partial charge >= 0.3 is 0 Å². The summed E-state index contributed by atoms with van der Waals surface area (Å²) in [5, 5.41) is 7.17. The lowest BCUT2D eigenvalue weighted by Crippen LogP contribution is -1.92. The molecule has 4 aromatic rings. The van der Waals surface area contributed by atoms with E-state index in [0.717, 1.165) is 27.9 Å². The van der Waals surface area contributed by atoms with Crippen molar-refractivity contribution in [3.63, 3.8) is 0 Å². The van der Waals surface area contributed by atoms with E-state index in [-0.39, 0.29) is 0 Å². The number of methoxy groups -OCH3 is 1. The van der Waals surface area contributed by atoms with Crippen molar-refractivity contribution in [1.82, 2.24) is 14.4 Å². The van der Waals surface area contributed by atoms with Crippen LogP contribution in [-0.2, 0) is 0 Å². The number of pyridine rings is 1. The maximum absolute atomic E-state index is 6.16. The topological polar surface area (TPSA) is 51.5 Å². The monoisotopic (exact) mass is 390 g/mol. The van der Waals surface area contributed by atoms with Gasteiger partial charge in [-0.15, -0.1) is 11.3 Å². The van der Waals surface area contributed by atoms with Gasteiger partial charge in [0.1, 0.15) is 17.1 Å². The molecule has 0 radical (unpaired) electrons. The van der Waals surface area contributed by atoms with E-state index in [4.69, 9.17) is 27.9 Å². The lowest BCUT2D eigenvalue weighted by Gasteiger charge is -2.06. The minimum absolute atomic E-state index is 0.542. The van der Waals surface area contributed by atoms with E-state index in [1.807, 2.05) is 40.2 Å². The van der Waals surface area contributed by atoms with Crippen LogP contribution in [0.15, 0.2) is 48.1 Å². The van der Waals surface area contributed by atoms with Crippen molar-refractivity contribution in [3.05, 3.63) is 58.2 Å². The maximum atomic E-state index is 6.16. The van der Waals surface area contributed by atoms with Crippen LogP contribution in [0.2, 0.25) is 10.0 Å². The highest BCUT2D eigenvalue weighted by Crippen LogP contribution is 2.31. The van der Waals surface area contributed by atoms with Crippen LogP contribution in [-0.4, -0.2) is 21.5 Å². The van der Waals surface area contributed by atoms with Gasteiger partial charge in [0, 0.05) is 17.3 Å². The van der Waals surface area contributed by atoms with Crippen LogP contribution in [0.3, 0.4) is 0 Å². The summed E-state index contributed by atoms with van der Waals surface area (Å²) in [6, 6.07) is 9.19. The van der Waals surface area contributed by atoms with Crippen molar-refractivity contribution in [3.8, 4) is 17.1 Å². The van der Waals surface area contributed by atoms with Gasteiger partial charge in [-0.2, -0.15) is 0 Å². The standard InChI is InChI=1S/C17H12Cl2N4OS/c1-24-15-4-3-11(6-12(15)19)21-17-22-13(9-25-17)14-7-20-16-5-2-10(18)8-23(14)16/h2-9H,1H3,(H,21,22). The molecule has 5 nitrogen and oxygen atoms in total. The fourth-order valence-corrected chi connectivity index (χ4v) is 3.60. The number of rotatable bonds is 4. The quantitative estimate of drug-likeness (QED) is 0.498. The van der Waals surface area contributed by atoms with E-state index in [2.05, 4.69) is 15.3 Å². The first-order chi connectivity index (χ1) is 12.1. The number of halogens is 2. The molecule has 0 spiro atoms. The molecule has 0 atom stereocenters. The van der Waals surface area contributed by atoms with Crippen LogP contribution in [0.1, 0.15) is 0 Å². The molecule has 3 aromatic heterocycles. The van der Waals surface area contributed by atoms with Gasteiger partial charge in [-0.25, -0.2) is 9.97 Å². The van der Waals surface area contributed by atoms with Gasteiger partial charge in [-0.1, -0.05) is 23.2 Å². The van der Waals surface area contributed by atoms with Crippen molar-refractivity contribution < 1.29 is 4.74 Å². The third-order valence-electron chi connectivity index (χ3n) is 3.64. The van der Waals surface area contributed by atoms with Gasteiger partial charge in [0.2, 0.25) is 0 Å². The molecular formula is C17H12Cl2N4OS. The highest BCUT2D eigenvalue weighted by atomic mass is 35.5. The molecule has 0 saturated heterocycles. The number of hydrogen-bond donors (Lipinski definition) is 1. The van der Waals surface area contributed by atoms with Crippen LogP contribution < -0.4 is 10.1 Å². The molecule has 0 fully saturated rings. The summed E-state index contributed by atoms with van der Waals surface area (Å²) < 4.78 is 7.08. The molecule has 4 rings (SSSR count). The summed E-state index contributed by atoms with van der Waals surface area (Å²) in [5.41, 5.74) is 3.37. The van der Waals surface area contributed by atoms with E-state index < -0.39 is 0 Å². The number of anilines is 2. The fourth-order valence-electron chi connectivity index (χ4n) is 2.46. The number of ether oxygens (including phenoxy) is 1. The second kappa shape index (κ2) is 6.55. The first-order valence-corrected chi connectivity index (χ1v) is 8.96. The Labute approximate surface area is 157 Å². The molecule has 1 aromatic carbocycles. The van der Waals surface area contributed by atoms with E-state index in [1.165, 1.54) is 11.3 Å². The van der Waals surface area contributed by atoms with Crippen molar-refractivity contribution in [2.45, 2.75) is 0 Å². The largest absolute Gasteiger partial charge is 0.495 e. The SMILES string of the molecule is COc1ccc(Nc2nc(-c3cnc4ccc(Cl)cn34)cs2)cc1Cl. The summed E-state index contributed by atoms with van der Waals surface area (Å²) in [7, 11) is 1.59. The number of aromatic nitrogens is 3.